The molecule has 0 fully saturated rings. The van der Waals surface area contributed by atoms with E-state index in [4.69, 9.17) is 5.73 Å². The fourth-order valence-corrected chi connectivity index (χ4v) is 2.19. The number of rotatable bonds is 2. The molecule has 4 heteroatoms. The Hall–Kier alpha value is -1.81. The van der Waals surface area contributed by atoms with Crippen LogP contribution < -0.4 is 5.73 Å². The van der Waals surface area contributed by atoms with Gasteiger partial charge in [0.25, 0.3) is 0 Å². The number of benzene rings is 1. The maximum Gasteiger partial charge on any atom is 0.0743 e. The molecule has 1 aliphatic heterocycles. The first-order chi connectivity index (χ1) is 7.83. The second-order valence-corrected chi connectivity index (χ2v) is 4.22. The highest BCUT2D eigenvalue weighted by molar-refractivity contribution is 5.40. The molecule has 16 heavy (non-hydrogen) atoms. The van der Waals surface area contributed by atoms with Gasteiger partial charge >= 0.3 is 0 Å². The third-order valence-electron chi connectivity index (χ3n) is 3.04. The van der Waals surface area contributed by atoms with Gasteiger partial charge in [-0.25, -0.2) is 0 Å². The van der Waals surface area contributed by atoms with Gasteiger partial charge in [0, 0.05) is 19.6 Å². The van der Waals surface area contributed by atoms with Crippen molar-refractivity contribution in [1.29, 1.82) is 0 Å². The van der Waals surface area contributed by atoms with Crippen molar-refractivity contribution in [3.63, 3.8) is 0 Å². The van der Waals surface area contributed by atoms with Gasteiger partial charge in [-0.2, -0.15) is 5.10 Å². The molecule has 0 aliphatic carbocycles. The Labute approximate surface area is 94.1 Å². The van der Waals surface area contributed by atoms with Gasteiger partial charge in [0.1, 0.15) is 0 Å². The number of hydrogen-bond donors (Lipinski definition) is 2. The Balaban J connectivity index is 1.75. The van der Waals surface area contributed by atoms with Crippen LogP contribution in [0.1, 0.15) is 16.8 Å². The lowest BCUT2D eigenvalue weighted by Gasteiger charge is -2.13. The SMILES string of the molecule is Nc1cn[nH]c1CN1Cc2ccccc2C1. The molecule has 82 valence electrons. The number of nitrogens with zero attached hydrogens (tertiary/aromatic N) is 2. The normalized spacial score (nSPS) is 15.2. The van der Waals surface area contributed by atoms with Crippen LogP contribution >= 0.6 is 0 Å². The Morgan fingerprint density at radius 1 is 1.25 bits per heavy atom. The highest BCUT2D eigenvalue weighted by atomic mass is 15.2. The zero-order chi connectivity index (χ0) is 11.0. The third-order valence-corrected chi connectivity index (χ3v) is 3.04. The predicted molar refractivity (Wildman–Crippen MR) is 62.4 cm³/mol. The molecule has 4 nitrogen and oxygen atoms in total. The minimum atomic E-state index is 0.746. The fourth-order valence-electron chi connectivity index (χ4n) is 2.19. The first-order valence-corrected chi connectivity index (χ1v) is 5.40. The molecular weight excluding hydrogens is 200 g/mol. The quantitative estimate of drug-likeness (QED) is 0.796. The zero-order valence-corrected chi connectivity index (χ0v) is 8.98. The molecule has 3 N–H and O–H groups in total. The van der Waals surface area contributed by atoms with Crippen LogP contribution in [0.5, 0.6) is 0 Å². The lowest BCUT2D eigenvalue weighted by Crippen LogP contribution is -2.16. The van der Waals surface area contributed by atoms with Crippen LogP contribution in [0.15, 0.2) is 30.5 Å². The van der Waals surface area contributed by atoms with Crippen LogP contribution in [0.4, 0.5) is 5.69 Å². The lowest BCUT2D eigenvalue weighted by molar-refractivity contribution is 0.272. The number of anilines is 1. The standard InChI is InChI=1S/C12H14N4/c13-11-5-14-15-12(11)8-16-6-9-3-1-2-4-10(9)7-16/h1-5H,6-8,13H2,(H,14,15). The fraction of sp³-hybridized carbons (Fsp3) is 0.250. The number of nitrogens with one attached hydrogen (secondary N) is 1. The van der Waals surface area contributed by atoms with Crippen molar-refractivity contribution in [1.82, 2.24) is 15.1 Å². The molecule has 0 unspecified atom stereocenters. The number of hydrogen-bond acceptors (Lipinski definition) is 3. The molecule has 1 aliphatic rings. The molecule has 2 heterocycles. The van der Waals surface area contributed by atoms with Crippen LogP contribution in [-0.4, -0.2) is 15.1 Å². The summed E-state index contributed by atoms with van der Waals surface area (Å²) in [4.78, 5) is 2.36. The largest absolute Gasteiger partial charge is 0.396 e. The zero-order valence-electron chi connectivity index (χ0n) is 8.98. The molecule has 2 aromatic rings. The summed E-state index contributed by atoms with van der Waals surface area (Å²) >= 11 is 0. The monoisotopic (exact) mass is 214 g/mol. The van der Waals surface area contributed by atoms with E-state index in [2.05, 4.69) is 39.4 Å². The Morgan fingerprint density at radius 2 is 1.94 bits per heavy atom. The molecule has 1 aromatic carbocycles. The van der Waals surface area contributed by atoms with Crippen molar-refractivity contribution in [3.05, 3.63) is 47.3 Å². The lowest BCUT2D eigenvalue weighted by atomic mass is 10.1. The van der Waals surface area contributed by atoms with Crippen molar-refractivity contribution in [2.45, 2.75) is 19.6 Å². The van der Waals surface area contributed by atoms with Crippen LogP contribution in [0, 0.1) is 0 Å². The summed E-state index contributed by atoms with van der Waals surface area (Å²) in [5.74, 6) is 0. The molecule has 1 aromatic heterocycles. The first-order valence-electron chi connectivity index (χ1n) is 5.40. The average molecular weight is 214 g/mol. The molecule has 0 radical (unpaired) electrons. The van der Waals surface area contributed by atoms with Crippen LogP contribution in [0.2, 0.25) is 0 Å². The van der Waals surface area contributed by atoms with E-state index in [9.17, 15) is 0 Å². The predicted octanol–water partition coefficient (Wildman–Crippen LogP) is 1.51. The van der Waals surface area contributed by atoms with Crippen LogP contribution in [-0.2, 0) is 19.6 Å². The third kappa shape index (κ3) is 1.57. The topological polar surface area (TPSA) is 57.9 Å². The second kappa shape index (κ2) is 3.64. The summed E-state index contributed by atoms with van der Waals surface area (Å²) in [5, 5.41) is 6.88. The molecule has 3 rings (SSSR count). The maximum atomic E-state index is 5.80. The van der Waals surface area contributed by atoms with Gasteiger partial charge in [-0.1, -0.05) is 24.3 Å². The summed E-state index contributed by atoms with van der Waals surface area (Å²) in [6, 6.07) is 8.55. The van der Waals surface area contributed by atoms with E-state index >= 15 is 0 Å². The van der Waals surface area contributed by atoms with Crippen LogP contribution in [0.25, 0.3) is 0 Å². The molecule has 0 atom stereocenters. The summed E-state index contributed by atoms with van der Waals surface area (Å²) in [5.41, 5.74) is 10.4. The van der Waals surface area contributed by atoms with Crippen molar-refractivity contribution in [2.75, 3.05) is 5.73 Å². The van der Waals surface area contributed by atoms with Gasteiger partial charge in [-0.3, -0.25) is 10.00 Å². The molecule has 0 saturated heterocycles. The molecule has 0 spiro atoms. The van der Waals surface area contributed by atoms with E-state index in [1.807, 2.05) is 0 Å². The first kappa shape index (κ1) is 9.42. The number of fused-ring (bicyclic) bond motifs is 1. The van der Waals surface area contributed by atoms with E-state index in [0.717, 1.165) is 31.0 Å². The van der Waals surface area contributed by atoms with Gasteiger partial charge in [-0.15, -0.1) is 0 Å². The Kier molecular flexibility index (Phi) is 2.15. The van der Waals surface area contributed by atoms with Crippen molar-refractivity contribution >= 4 is 5.69 Å². The van der Waals surface area contributed by atoms with E-state index < -0.39 is 0 Å². The van der Waals surface area contributed by atoms with E-state index in [0.29, 0.717) is 0 Å². The van der Waals surface area contributed by atoms with Gasteiger partial charge in [0.2, 0.25) is 0 Å². The van der Waals surface area contributed by atoms with E-state index in [1.54, 1.807) is 6.20 Å². The van der Waals surface area contributed by atoms with Gasteiger partial charge in [0.15, 0.2) is 0 Å². The van der Waals surface area contributed by atoms with Crippen LogP contribution in [0.3, 0.4) is 0 Å². The van der Waals surface area contributed by atoms with E-state index in [-0.39, 0.29) is 0 Å². The van der Waals surface area contributed by atoms with E-state index in [1.165, 1.54) is 11.1 Å². The Morgan fingerprint density at radius 3 is 2.50 bits per heavy atom. The molecule has 0 amide bonds. The highest BCUT2D eigenvalue weighted by Gasteiger charge is 2.19. The minimum absolute atomic E-state index is 0.746. The van der Waals surface area contributed by atoms with Gasteiger partial charge in [0.05, 0.1) is 17.6 Å². The average Bonchev–Trinajstić information content (AvgIpc) is 2.85. The molecular formula is C12H14N4. The molecule has 0 saturated carbocycles. The summed E-state index contributed by atoms with van der Waals surface area (Å²) in [6.07, 6.45) is 1.67. The summed E-state index contributed by atoms with van der Waals surface area (Å²) in [7, 11) is 0. The summed E-state index contributed by atoms with van der Waals surface area (Å²) in [6.45, 7) is 2.82. The smallest absolute Gasteiger partial charge is 0.0743 e. The van der Waals surface area contributed by atoms with Gasteiger partial charge in [-0.05, 0) is 11.1 Å². The van der Waals surface area contributed by atoms with Crippen molar-refractivity contribution in [3.8, 4) is 0 Å². The maximum absolute atomic E-state index is 5.80. The minimum Gasteiger partial charge on any atom is -0.396 e. The van der Waals surface area contributed by atoms with Gasteiger partial charge < -0.3 is 5.73 Å². The number of H-pyrrole nitrogens is 1. The highest BCUT2D eigenvalue weighted by Crippen LogP contribution is 2.24. The Bertz CT molecular complexity index is 478. The van der Waals surface area contributed by atoms with Crippen molar-refractivity contribution < 1.29 is 0 Å². The number of nitrogens with two attached hydrogens (primary N) is 1. The molecule has 0 bridgehead atoms. The number of nitrogen functional groups attached to an aromatic ring is 1. The number of aromatic amines is 1. The van der Waals surface area contributed by atoms with Crippen molar-refractivity contribution in [2.24, 2.45) is 0 Å². The second-order valence-electron chi connectivity index (χ2n) is 4.22. The summed E-state index contributed by atoms with van der Waals surface area (Å²) < 4.78 is 0. The number of aromatic nitrogens is 2.